The second-order valence-corrected chi connectivity index (χ2v) is 8.34. The van der Waals surface area contributed by atoms with E-state index in [2.05, 4.69) is 43.2 Å². The van der Waals surface area contributed by atoms with Gasteiger partial charge in [-0.2, -0.15) is 0 Å². The molecule has 25 heavy (non-hydrogen) atoms. The Morgan fingerprint density at radius 2 is 2.08 bits per heavy atom. The molecule has 1 unspecified atom stereocenters. The molecule has 0 bridgehead atoms. The summed E-state index contributed by atoms with van der Waals surface area (Å²) in [7, 11) is 0. The Kier molecular flexibility index (Phi) is 4.64. The normalized spacial score (nSPS) is 13.2. The molecular formula is C19H22FN3OS. The van der Waals surface area contributed by atoms with E-state index in [0.29, 0.717) is 11.0 Å². The first-order valence-electron chi connectivity index (χ1n) is 8.24. The number of hydrogen-bond acceptors (Lipinski definition) is 3. The van der Waals surface area contributed by atoms with Crippen LogP contribution in [0.25, 0.3) is 11.0 Å². The zero-order valence-electron chi connectivity index (χ0n) is 14.8. The van der Waals surface area contributed by atoms with Gasteiger partial charge in [-0.15, -0.1) is 11.3 Å². The van der Waals surface area contributed by atoms with Crippen molar-refractivity contribution in [1.29, 1.82) is 0 Å². The van der Waals surface area contributed by atoms with Crippen molar-refractivity contribution >= 4 is 28.3 Å². The molecule has 2 aromatic heterocycles. The molecule has 132 valence electrons. The van der Waals surface area contributed by atoms with Crippen molar-refractivity contribution in [2.75, 3.05) is 0 Å². The van der Waals surface area contributed by atoms with E-state index in [-0.39, 0.29) is 29.7 Å². The summed E-state index contributed by atoms with van der Waals surface area (Å²) in [5.74, 6) is -0.537. The van der Waals surface area contributed by atoms with E-state index >= 15 is 0 Å². The lowest BCUT2D eigenvalue weighted by Gasteiger charge is -2.16. The third-order valence-electron chi connectivity index (χ3n) is 4.07. The lowest BCUT2D eigenvalue weighted by Crippen LogP contribution is -2.29. The van der Waals surface area contributed by atoms with Gasteiger partial charge in [-0.05, 0) is 36.6 Å². The third kappa shape index (κ3) is 3.74. The predicted octanol–water partition coefficient (Wildman–Crippen LogP) is 4.41. The Balaban J connectivity index is 1.70. The van der Waals surface area contributed by atoms with Gasteiger partial charge in [0.2, 0.25) is 5.91 Å². The third-order valence-corrected chi connectivity index (χ3v) is 5.77. The highest BCUT2D eigenvalue weighted by Gasteiger charge is 2.19. The lowest BCUT2D eigenvalue weighted by atomic mass is 9.95. The minimum Gasteiger partial charge on any atom is -0.347 e. The molecule has 0 saturated carbocycles. The second kappa shape index (κ2) is 6.59. The Morgan fingerprint density at radius 1 is 1.32 bits per heavy atom. The number of imidazole rings is 1. The number of fused-ring (bicyclic) bond motifs is 1. The molecule has 6 heteroatoms. The maximum Gasteiger partial charge on any atom is 0.240 e. The molecule has 1 atom stereocenters. The van der Waals surface area contributed by atoms with E-state index in [1.165, 1.54) is 17.3 Å². The largest absolute Gasteiger partial charge is 0.347 e. The molecule has 3 rings (SSSR count). The molecule has 4 nitrogen and oxygen atoms in total. The van der Waals surface area contributed by atoms with Crippen molar-refractivity contribution in [2.24, 2.45) is 0 Å². The minimum atomic E-state index is -0.371. The second-order valence-electron chi connectivity index (χ2n) is 7.22. The van der Waals surface area contributed by atoms with Gasteiger partial charge in [0.05, 0.1) is 17.9 Å². The van der Waals surface area contributed by atoms with Gasteiger partial charge in [0.25, 0.3) is 0 Å². The van der Waals surface area contributed by atoms with E-state index in [0.717, 1.165) is 4.88 Å². The number of carbonyl (C=O) groups is 1. The smallest absolute Gasteiger partial charge is 0.240 e. The maximum absolute atomic E-state index is 14.0. The monoisotopic (exact) mass is 359 g/mol. The average molecular weight is 359 g/mol. The number of aromatic nitrogens is 2. The van der Waals surface area contributed by atoms with Gasteiger partial charge in [0, 0.05) is 9.75 Å². The molecule has 0 saturated heterocycles. The molecule has 2 heterocycles. The first-order valence-corrected chi connectivity index (χ1v) is 9.06. The van der Waals surface area contributed by atoms with Crippen LogP contribution in [0.15, 0.2) is 36.7 Å². The lowest BCUT2D eigenvalue weighted by molar-refractivity contribution is -0.122. The molecule has 0 aliphatic heterocycles. The first-order chi connectivity index (χ1) is 11.8. The van der Waals surface area contributed by atoms with E-state index in [4.69, 9.17) is 0 Å². The maximum atomic E-state index is 14.0. The summed E-state index contributed by atoms with van der Waals surface area (Å²) in [5.41, 5.74) is 1.00. The standard InChI is InChI=1S/C19H22FN3OS/c1-12(15-8-9-16(25-15)19(2,3)4)22-17(24)10-23-11-21-14-7-5-6-13(20)18(14)23/h5-9,11-12H,10H2,1-4H3,(H,22,24). The number of benzene rings is 1. The zero-order valence-corrected chi connectivity index (χ0v) is 15.7. The van der Waals surface area contributed by atoms with Crippen LogP contribution in [0, 0.1) is 5.82 Å². The van der Waals surface area contributed by atoms with E-state index in [9.17, 15) is 9.18 Å². The summed E-state index contributed by atoms with van der Waals surface area (Å²) < 4.78 is 15.5. The fourth-order valence-corrected chi connectivity index (χ4v) is 3.77. The van der Waals surface area contributed by atoms with Gasteiger partial charge in [-0.25, -0.2) is 9.37 Å². The Bertz CT molecular complexity index is 907. The predicted molar refractivity (Wildman–Crippen MR) is 99.3 cm³/mol. The van der Waals surface area contributed by atoms with Gasteiger partial charge in [-0.3, -0.25) is 4.79 Å². The number of halogens is 1. The topological polar surface area (TPSA) is 46.9 Å². The highest BCUT2D eigenvalue weighted by atomic mass is 32.1. The number of hydrogen-bond donors (Lipinski definition) is 1. The summed E-state index contributed by atoms with van der Waals surface area (Å²) in [6, 6.07) is 8.80. The van der Waals surface area contributed by atoms with Crippen LogP contribution >= 0.6 is 11.3 Å². The highest BCUT2D eigenvalue weighted by molar-refractivity contribution is 7.12. The average Bonchev–Trinajstić information content (AvgIpc) is 3.14. The van der Waals surface area contributed by atoms with Gasteiger partial charge in [0.1, 0.15) is 17.9 Å². The number of carbonyl (C=O) groups excluding carboxylic acids is 1. The van der Waals surface area contributed by atoms with Crippen molar-refractivity contribution in [1.82, 2.24) is 14.9 Å². The van der Waals surface area contributed by atoms with Gasteiger partial charge in [0.15, 0.2) is 0 Å². The van der Waals surface area contributed by atoms with E-state index in [1.807, 2.05) is 6.92 Å². The summed E-state index contributed by atoms with van der Waals surface area (Å²) in [4.78, 5) is 18.9. The number of rotatable bonds is 4. The quantitative estimate of drug-likeness (QED) is 0.750. The van der Waals surface area contributed by atoms with Gasteiger partial charge in [-0.1, -0.05) is 26.8 Å². The summed E-state index contributed by atoms with van der Waals surface area (Å²) in [6.45, 7) is 8.52. The summed E-state index contributed by atoms with van der Waals surface area (Å²) >= 11 is 1.71. The number of nitrogens with one attached hydrogen (secondary N) is 1. The number of nitrogens with zero attached hydrogens (tertiary/aromatic N) is 2. The fraction of sp³-hybridized carbons (Fsp3) is 0.368. The van der Waals surface area contributed by atoms with Crippen molar-refractivity contribution in [3.8, 4) is 0 Å². The van der Waals surface area contributed by atoms with Crippen LogP contribution in [0.4, 0.5) is 4.39 Å². The molecule has 3 aromatic rings. The fourth-order valence-electron chi connectivity index (χ4n) is 2.70. The first kappa shape index (κ1) is 17.6. The SMILES string of the molecule is CC(NC(=O)Cn1cnc2cccc(F)c21)c1ccc(C(C)(C)C)s1. The molecule has 0 aliphatic carbocycles. The summed E-state index contributed by atoms with van der Waals surface area (Å²) in [5, 5.41) is 2.98. The molecule has 1 amide bonds. The van der Waals surface area contributed by atoms with Gasteiger partial charge >= 0.3 is 0 Å². The molecule has 1 N–H and O–H groups in total. The molecular weight excluding hydrogens is 337 g/mol. The molecule has 0 spiro atoms. The van der Waals surface area contributed by atoms with Crippen molar-refractivity contribution < 1.29 is 9.18 Å². The number of amides is 1. The zero-order chi connectivity index (χ0) is 18.2. The minimum absolute atomic E-state index is 0.0409. The molecule has 0 fully saturated rings. The Hall–Kier alpha value is -2.21. The van der Waals surface area contributed by atoms with E-state index in [1.54, 1.807) is 28.0 Å². The molecule has 0 aliphatic rings. The van der Waals surface area contributed by atoms with Crippen molar-refractivity contribution in [3.05, 3.63) is 52.2 Å². The van der Waals surface area contributed by atoms with Crippen LogP contribution in [-0.2, 0) is 16.8 Å². The molecule has 1 aromatic carbocycles. The van der Waals surface area contributed by atoms with Gasteiger partial charge < -0.3 is 9.88 Å². The van der Waals surface area contributed by atoms with Crippen LogP contribution in [0.2, 0.25) is 0 Å². The highest BCUT2D eigenvalue weighted by Crippen LogP contribution is 2.32. The van der Waals surface area contributed by atoms with Crippen LogP contribution in [0.3, 0.4) is 0 Å². The number of thiophene rings is 1. The van der Waals surface area contributed by atoms with Crippen molar-refractivity contribution in [3.63, 3.8) is 0 Å². The van der Waals surface area contributed by atoms with E-state index < -0.39 is 0 Å². The van der Waals surface area contributed by atoms with Crippen LogP contribution in [-0.4, -0.2) is 15.5 Å². The number of para-hydroxylation sites is 1. The van der Waals surface area contributed by atoms with Crippen molar-refractivity contribution in [2.45, 2.75) is 45.7 Å². The summed E-state index contributed by atoms with van der Waals surface area (Å²) in [6.07, 6.45) is 1.50. The Morgan fingerprint density at radius 3 is 2.76 bits per heavy atom. The van der Waals surface area contributed by atoms with Crippen LogP contribution in [0.1, 0.15) is 43.5 Å². The van der Waals surface area contributed by atoms with Crippen LogP contribution < -0.4 is 5.32 Å². The molecule has 0 radical (unpaired) electrons. The van der Waals surface area contributed by atoms with Crippen LogP contribution in [0.5, 0.6) is 0 Å². The Labute approximate surface area is 150 Å².